The largest absolute Gasteiger partial charge is 0.496 e. The van der Waals surface area contributed by atoms with Crippen LogP contribution in [0.3, 0.4) is 0 Å². The first-order chi connectivity index (χ1) is 13.2. The van der Waals surface area contributed by atoms with Crippen LogP contribution in [0.15, 0.2) is 53.4 Å². The number of rotatable bonds is 4. The highest BCUT2D eigenvalue weighted by molar-refractivity contribution is 9.10. The first-order valence-corrected chi connectivity index (χ1v) is 8.73. The van der Waals surface area contributed by atoms with Gasteiger partial charge in [0.2, 0.25) is 0 Å². The highest BCUT2D eigenvalue weighted by Crippen LogP contribution is 2.32. The predicted octanol–water partition coefficient (Wildman–Crippen LogP) is 4.67. The molecule has 0 bridgehead atoms. The molecular formula is C18H17BrN4O5. The highest BCUT2D eigenvalue weighted by Gasteiger charge is 2.14. The fourth-order valence-corrected chi connectivity index (χ4v) is 2.61. The standard InChI is InChI=1S/C11H11N3O3.C7H6BrNO2/c1-13-7-12-6-10(13)9-4-3-8(14(15)16)5-11(9)17-2;1-5-4-6(9(10)11)2-3-7(5)8/h3-7H,1-2H3;2-4H,1H3. The summed E-state index contributed by atoms with van der Waals surface area (Å²) >= 11 is 3.26. The average molecular weight is 449 g/mol. The maximum Gasteiger partial charge on any atom is 0.273 e. The van der Waals surface area contributed by atoms with Crippen molar-refractivity contribution in [1.82, 2.24) is 9.55 Å². The van der Waals surface area contributed by atoms with E-state index >= 15 is 0 Å². The first-order valence-electron chi connectivity index (χ1n) is 7.94. The van der Waals surface area contributed by atoms with E-state index in [1.54, 1.807) is 24.7 Å². The van der Waals surface area contributed by atoms with Crippen molar-refractivity contribution in [1.29, 1.82) is 0 Å². The van der Waals surface area contributed by atoms with Gasteiger partial charge in [-0.2, -0.15) is 0 Å². The number of nitro groups is 2. The quantitative estimate of drug-likeness (QED) is 0.423. The van der Waals surface area contributed by atoms with Crippen LogP contribution in [-0.4, -0.2) is 26.5 Å². The van der Waals surface area contributed by atoms with Crippen LogP contribution in [0.1, 0.15) is 5.56 Å². The van der Waals surface area contributed by atoms with Gasteiger partial charge in [-0.05, 0) is 24.6 Å². The molecule has 0 aliphatic heterocycles. The number of non-ortho nitro benzene ring substituents is 2. The Bertz CT molecular complexity index is 1020. The summed E-state index contributed by atoms with van der Waals surface area (Å²) in [5, 5.41) is 20.9. The van der Waals surface area contributed by atoms with Crippen LogP contribution in [0.2, 0.25) is 0 Å². The molecule has 1 aromatic heterocycles. The molecular weight excluding hydrogens is 432 g/mol. The second kappa shape index (κ2) is 9.09. The van der Waals surface area contributed by atoms with E-state index in [2.05, 4.69) is 20.9 Å². The summed E-state index contributed by atoms with van der Waals surface area (Å²) < 4.78 is 7.88. The molecule has 9 nitrogen and oxygen atoms in total. The van der Waals surface area contributed by atoms with E-state index < -0.39 is 9.85 Å². The second-order valence-electron chi connectivity index (χ2n) is 5.72. The van der Waals surface area contributed by atoms with E-state index in [4.69, 9.17) is 4.74 Å². The van der Waals surface area contributed by atoms with Gasteiger partial charge in [0.1, 0.15) is 5.75 Å². The minimum atomic E-state index is -0.449. The molecule has 0 radical (unpaired) electrons. The van der Waals surface area contributed by atoms with Crippen LogP contribution in [0.4, 0.5) is 11.4 Å². The third-order valence-corrected chi connectivity index (χ3v) is 4.73. The number of hydrogen-bond donors (Lipinski definition) is 0. The van der Waals surface area contributed by atoms with Crippen LogP contribution < -0.4 is 4.74 Å². The zero-order valence-corrected chi connectivity index (χ0v) is 16.9. The molecule has 0 unspecified atom stereocenters. The Morgan fingerprint density at radius 2 is 1.68 bits per heavy atom. The van der Waals surface area contributed by atoms with E-state index in [1.807, 2.05) is 18.5 Å². The summed E-state index contributed by atoms with van der Waals surface area (Å²) in [6.45, 7) is 1.82. The highest BCUT2D eigenvalue weighted by atomic mass is 79.9. The molecule has 10 heteroatoms. The second-order valence-corrected chi connectivity index (χ2v) is 6.58. The molecule has 146 valence electrons. The summed E-state index contributed by atoms with van der Waals surface area (Å²) in [4.78, 5) is 24.1. The monoisotopic (exact) mass is 448 g/mol. The van der Waals surface area contributed by atoms with E-state index in [-0.39, 0.29) is 11.4 Å². The van der Waals surface area contributed by atoms with Crippen molar-refractivity contribution in [2.24, 2.45) is 7.05 Å². The molecule has 2 aromatic carbocycles. The molecule has 0 aliphatic carbocycles. The molecule has 0 saturated heterocycles. The maximum absolute atomic E-state index is 10.7. The summed E-state index contributed by atoms with van der Waals surface area (Å²) in [6, 6.07) is 9.19. The lowest BCUT2D eigenvalue weighted by Crippen LogP contribution is -1.95. The minimum Gasteiger partial charge on any atom is -0.496 e. The number of nitro benzene ring substituents is 2. The lowest BCUT2D eigenvalue weighted by Gasteiger charge is -2.08. The molecule has 0 saturated carbocycles. The van der Waals surface area contributed by atoms with E-state index in [1.165, 1.54) is 31.4 Å². The lowest BCUT2D eigenvalue weighted by molar-refractivity contribution is -0.385. The minimum absolute atomic E-state index is 0.00719. The molecule has 28 heavy (non-hydrogen) atoms. The SMILES string of the molecule is COc1cc([N+](=O)[O-])ccc1-c1cncn1C.Cc1cc([N+](=O)[O-])ccc1Br. The first kappa shape index (κ1) is 21.0. The molecule has 0 atom stereocenters. The molecule has 1 heterocycles. The van der Waals surface area contributed by atoms with E-state index in [9.17, 15) is 20.2 Å². The molecule has 3 rings (SSSR count). The van der Waals surface area contributed by atoms with Gasteiger partial charge in [-0.25, -0.2) is 4.98 Å². The maximum atomic E-state index is 10.7. The number of methoxy groups -OCH3 is 1. The average Bonchev–Trinajstić information content (AvgIpc) is 3.09. The molecule has 3 aromatic rings. The zero-order valence-electron chi connectivity index (χ0n) is 15.3. The molecule has 0 N–H and O–H groups in total. The van der Waals surface area contributed by atoms with E-state index in [0.29, 0.717) is 5.75 Å². The van der Waals surface area contributed by atoms with Crippen molar-refractivity contribution >= 4 is 27.3 Å². The Kier molecular flexibility index (Phi) is 6.83. The van der Waals surface area contributed by atoms with Gasteiger partial charge in [0.15, 0.2) is 0 Å². The van der Waals surface area contributed by atoms with Crippen molar-refractivity contribution in [3.63, 3.8) is 0 Å². The van der Waals surface area contributed by atoms with Gasteiger partial charge in [-0.1, -0.05) is 15.9 Å². The zero-order chi connectivity index (χ0) is 20.8. The summed E-state index contributed by atoms with van der Waals surface area (Å²) in [5.41, 5.74) is 2.63. The normalized spacial score (nSPS) is 10.0. The number of ether oxygens (including phenoxy) is 1. The van der Waals surface area contributed by atoms with Crippen LogP contribution in [0, 0.1) is 27.2 Å². The van der Waals surface area contributed by atoms with Crippen LogP contribution in [0.5, 0.6) is 5.75 Å². The number of halogens is 1. The molecule has 0 amide bonds. The number of aromatic nitrogens is 2. The number of benzene rings is 2. The van der Waals surface area contributed by atoms with Gasteiger partial charge >= 0.3 is 0 Å². The number of aryl methyl sites for hydroxylation is 2. The molecule has 0 fully saturated rings. The Labute approximate surface area is 169 Å². The van der Waals surface area contributed by atoms with Gasteiger partial charge in [-0.3, -0.25) is 20.2 Å². The van der Waals surface area contributed by atoms with E-state index in [0.717, 1.165) is 21.3 Å². The fraction of sp³-hybridized carbons (Fsp3) is 0.167. The van der Waals surface area contributed by atoms with Crippen LogP contribution in [0.25, 0.3) is 11.3 Å². The lowest BCUT2D eigenvalue weighted by atomic mass is 10.1. The van der Waals surface area contributed by atoms with Crippen molar-refractivity contribution < 1.29 is 14.6 Å². The summed E-state index contributed by atoms with van der Waals surface area (Å²) in [6.07, 6.45) is 3.35. The van der Waals surface area contributed by atoms with Gasteiger partial charge in [0.05, 0.1) is 41.2 Å². The molecule has 0 spiro atoms. The Morgan fingerprint density at radius 3 is 2.18 bits per heavy atom. The van der Waals surface area contributed by atoms with Crippen molar-refractivity contribution in [3.05, 3.63) is 79.2 Å². The van der Waals surface area contributed by atoms with Crippen LogP contribution >= 0.6 is 15.9 Å². The fourth-order valence-electron chi connectivity index (χ4n) is 2.36. The Balaban J connectivity index is 0.000000221. The van der Waals surface area contributed by atoms with Crippen LogP contribution in [-0.2, 0) is 7.05 Å². The summed E-state index contributed by atoms with van der Waals surface area (Å²) in [7, 11) is 3.34. The smallest absolute Gasteiger partial charge is 0.273 e. The number of hydrogen-bond acceptors (Lipinski definition) is 6. The third-order valence-electron chi connectivity index (χ3n) is 3.84. The summed E-state index contributed by atoms with van der Waals surface area (Å²) in [5.74, 6) is 0.461. The van der Waals surface area contributed by atoms with Crippen molar-refractivity contribution in [2.45, 2.75) is 6.92 Å². The van der Waals surface area contributed by atoms with Gasteiger partial charge in [0, 0.05) is 35.3 Å². The van der Waals surface area contributed by atoms with Gasteiger partial charge in [-0.15, -0.1) is 0 Å². The number of nitrogens with zero attached hydrogens (tertiary/aromatic N) is 4. The topological polar surface area (TPSA) is 113 Å². The van der Waals surface area contributed by atoms with Crippen molar-refractivity contribution in [2.75, 3.05) is 7.11 Å². The predicted molar refractivity (Wildman–Crippen MR) is 107 cm³/mol. The van der Waals surface area contributed by atoms with Gasteiger partial charge < -0.3 is 9.30 Å². The Hall–Kier alpha value is -3.27. The van der Waals surface area contributed by atoms with Crippen molar-refractivity contribution in [3.8, 4) is 17.0 Å². The molecule has 0 aliphatic rings. The third kappa shape index (κ3) is 4.92. The number of imidazole rings is 1. The van der Waals surface area contributed by atoms with Gasteiger partial charge in [0.25, 0.3) is 11.4 Å². The Morgan fingerprint density at radius 1 is 1.07 bits per heavy atom.